The van der Waals surface area contributed by atoms with Gasteiger partial charge in [0.05, 0.1) is 6.54 Å². The Morgan fingerprint density at radius 3 is 3.00 bits per heavy atom. The third-order valence-electron chi connectivity index (χ3n) is 2.34. The van der Waals surface area contributed by atoms with Gasteiger partial charge in [0, 0.05) is 6.92 Å². The van der Waals surface area contributed by atoms with Crippen LogP contribution in [-0.4, -0.2) is 4.57 Å². The highest BCUT2D eigenvalue weighted by molar-refractivity contribution is 4.83. The van der Waals surface area contributed by atoms with Crippen molar-refractivity contribution < 1.29 is 4.57 Å². The molecule has 0 unspecified atom stereocenters. The smallest absolute Gasteiger partial charge is 0.234 e. The van der Waals surface area contributed by atoms with Gasteiger partial charge in [0.15, 0.2) is 0 Å². The molecule has 72 valence electrons. The molecular weight excluding hydrogens is 160 g/mol. The van der Waals surface area contributed by atoms with Gasteiger partial charge in [-0.3, -0.25) is 0 Å². The highest BCUT2D eigenvalue weighted by atomic mass is 15.1. The largest absolute Gasteiger partial charge is 0.253 e. The molecule has 2 heteroatoms. The molecule has 0 aliphatic carbocycles. The number of hydrogen-bond donors (Lipinski definition) is 0. The highest BCUT2D eigenvalue weighted by Crippen LogP contribution is 1.95. The van der Waals surface area contributed by atoms with E-state index in [-0.39, 0.29) is 0 Å². The van der Waals surface area contributed by atoms with Crippen molar-refractivity contribution in [1.29, 1.82) is 0 Å². The molecule has 0 bridgehead atoms. The number of rotatable bonds is 5. The van der Waals surface area contributed by atoms with Crippen molar-refractivity contribution in [3.05, 3.63) is 30.9 Å². The molecule has 13 heavy (non-hydrogen) atoms. The molecule has 1 aromatic heterocycles. The van der Waals surface area contributed by atoms with Crippen molar-refractivity contribution in [2.24, 2.45) is 0 Å². The first kappa shape index (κ1) is 10.0. The van der Waals surface area contributed by atoms with Gasteiger partial charge < -0.3 is 0 Å². The molecule has 1 heterocycles. The standard InChI is InChI=1S/C11H19N2/c1-4-6-8-13-10-9-12(7-5-2)11(13)3/h5,9-10H,2,4,6-8H2,1,3H3/q+1. The molecule has 1 aromatic rings. The Labute approximate surface area is 80.5 Å². The molecule has 2 nitrogen and oxygen atoms in total. The number of imidazole rings is 1. The molecule has 0 amide bonds. The quantitative estimate of drug-likeness (QED) is 0.483. The monoisotopic (exact) mass is 179 g/mol. The Balaban J connectivity index is 2.68. The van der Waals surface area contributed by atoms with Crippen LogP contribution in [0.2, 0.25) is 0 Å². The van der Waals surface area contributed by atoms with E-state index in [1.807, 2.05) is 6.08 Å². The zero-order valence-electron chi connectivity index (χ0n) is 8.66. The molecule has 0 saturated heterocycles. The lowest BCUT2D eigenvalue weighted by Crippen LogP contribution is -2.35. The lowest BCUT2D eigenvalue weighted by molar-refractivity contribution is -0.702. The van der Waals surface area contributed by atoms with E-state index in [9.17, 15) is 0 Å². The number of unbranched alkanes of at least 4 members (excludes halogenated alkanes) is 1. The van der Waals surface area contributed by atoms with E-state index in [1.165, 1.54) is 18.7 Å². The molecule has 0 atom stereocenters. The van der Waals surface area contributed by atoms with Crippen LogP contribution in [0.5, 0.6) is 0 Å². The molecule has 0 N–H and O–H groups in total. The minimum absolute atomic E-state index is 0.908. The Bertz CT molecular complexity index is 274. The second-order valence-electron chi connectivity index (χ2n) is 3.33. The summed E-state index contributed by atoms with van der Waals surface area (Å²) in [7, 11) is 0. The second kappa shape index (κ2) is 4.85. The van der Waals surface area contributed by atoms with Crippen molar-refractivity contribution in [3.63, 3.8) is 0 Å². The van der Waals surface area contributed by atoms with Gasteiger partial charge in [0.1, 0.15) is 18.9 Å². The van der Waals surface area contributed by atoms with Crippen molar-refractivity contribution >= 4 is 0 Å². The Hall–Kier alpha value is -1.05. The molecule has 0 aliphatic rings. The normalized spacial score (nSPS) is 10.3. The molecule has 0 fully saturated rings. The van der Waals surface area contributed by atoms with E-state index in [0.29, 0.717) is 0 Å². The average Bonchev–Trinajstić information content (AvgIpc) is 2.46. The first-order chi connectivity index (χ1) is 6.29. The van der Waals surface area contributed by atoms with Gasteiger partial charge in [0.2, 0.25) is 0 Å². The average molecular weight is 179 g/mol. The number of aromatic nitrogens is 2. The van der Waals surface area contributed by atoms with Gasteiger partial charge in [-0.2, -0.15) is 0 Å². The van der Waals surface area contributed by atoms with Crippen molar-refractivity contribution in [2.75, 3.05) is 0 Å². The number of aryl methyl sites for hydroxylation is 1. The molecule has 0 aliphatic heterocycles. The summed E-state index contributed by atoms with van der Waals surface area (Å²) >= 11 is 0. The third-order valence-corrected chi connectivity index (χ3v) is 2.34. The summed E-state index contributed by atoms with van der Waals surface area (Å²) in [4.78, 5) is 0. The van der Waals surface area contributed by atoms with Crippen molar-refractivity contribution in [1.82, 2.24) is 4.57 Å². The van der Waals surface area contributed by atoms with Gasteiger partial charge in [-0.05, 0) is 6.42 Å². The summed E-state index contributed by atoms with van der Waals surface area (Å²) < 4.78 is 4.51. The van der Waals surface area contributed by atoms with Crippen LogP contribution in [-0.2, 0) is 13.1 Å². The summed E-state index contributed by atoms with van der Waals surface area (Å²) in [6.45, 7) is 10.1. The Morgan fingerprint density at radius 1 is 1.62 bits per heavy atom. The van der Waals surface area contributed by atoms with E-state index in [0.717, 1.165) is 13.1 Å². The predicted molar refractivity (Wildman–Crippen MR) is 54.5 cm³/mol. The van der Waals surface area contributed by atoms with Gasteiger partial charge >= 0.3 is 0 Å². The van der Waals surface area contributed by atoms with Gasteiger partial charge in [-0.1, -0.05) is 26.0 Å². The fraction of sp³-hybridized carbons (Fsp3) is 0.545. The van der Waals surface area contributed by atoms with Gasteiger partial charge in [0.25, 0.3) is 5.82 Å². The fourth-order valence-corrected chi connectivity index (χ4v) is 1.44. The van der Waals surface area contributed by atoms with E-state index in [4.69, 9.17) is 0 Å². The van der Waals surface area contributed by atoms with Crippen LogP contribution >= 0.6 is 0 Å². The SMILES string of the molecule is C=CCn1cc[n+](CCCC)c1C. The first-order valence-corrected chi connectivity index (χ1v) is 4.95. The van der Waals surface area contributed by atoms with E-state index in [1.54, 1.807) is 0 Å². The Morgan fingerprint density at radius 2 is 2.38 bits per heavy atom. The molecule has 0 radical (unpaired) electrons. The zero-order chi connectivity index (χ0) is 9.68. The molecule has 0 saturated carbocycles. The summed E-state index contributed by atoms with van der Waals surface area (Å²) in [5.41, 5.74) is 0. The van der Waals surface area contributed by atoms with Crippen LogP contribution < -0.4 is 4.57 Å². The number of nitrogens with zero attached hydrogens (tertiary/aromatic N) is 2. The van der Waals surface area contributed by atoms with Crippen molar-refractivity contribution in [2.45, 2.75) is 39.8 Å². The van der Waals surface area contributed by atoms with Gasteiger partial charge in [-0.15, -0.1) is 0 Å². The second-order valence-corrected chi connectivity index (χ2v) is 3.33. The van der Waals surface area contributed by atoms with E-state index >= 15 is 0 Å². The topological polar surface area (TPSA) is 8.81 Å². The van der Waals surface area contributed by atoms with Crippen LogP contribution in [0.25, 0.3) is 0 Å². The third kappa shape index (κ3) is 2.44. The highest BCUT2D eigenvalue weighted by Gasteiger charge is 2.09. The minimum Gasteiger partial charge on any atom is -0.234 e. The van der Waals surface area contributed by atoms with Crippen molar-refractivity contribution in [3.8, 4) is 0 Å². The van der Waals surface area contributed by atoms with Crippen LogP contribution in [0.15, 0.2) is 25.0 Å². The molecule has 0 aromatic carbocycles. The number of hydrogen-bond acceptors (Lipinski definition) is 0. The maximum absolute atomic E-state index is 3.74. The zero-order valence-corrected chi connectivity index (χ0v) is 8.66. The maximum atomic E-state index is 3.74. The first-order valence-electron chi connectivity index (χ1n) is 4.95. The molecule has 0 spiro atoms. The molecular formula is C11H19N2+. The maximum Gasteiger partial charge on any atom is 0.253 e. The van der Waals surface area contributed by atoms with E-state index in [2.05, 4.69) is 42.0 Å². The lowest BCUT2D eigenvalue weighted by Gasteiger charge is -1.97. The lowest BCUT2D eigenvalue weighted by atomic mass is 10.3. The van der Waals surface area contributed by atoms with Crippen LogP contribution in [0, 0.1) is 6.92 Å². The van der Waals surface area contributed by atoms with Crippen LogP contribution in [0.4, 0.5) is 0 Å². The van der Waals surface area contributed by atoms with Gasteiger partial charge in [-0.25, -0.2) is 9.13 Å². The molecule has 1 rings (SSSR count). The van der Waals surface area contributed by atoms with Crippen LogP contribution in [0.3, 0.4) is 0 Å². The Kier molecular flexibility index (Phi) is 3.74. The fourth-order valence-electron chi connectivity index (χ4n) is 1.44. The van der Waals surface area contributed by atoms with E-state index < -0.39 is 0 Å². The summed E-state index contributed by atoms with van der Waals surface area (Å²) in [6.07, 6.45) is 8.70. The summed E-state index contributed by atoms with van der Waals surface area (Å²) in [5.74, 6) is 1.31. The predicted octanol–water partition coefficient (Wildman–Crippen LogP) is 2.07. The minimum atomic E-state index is 0.908. The number of allylic oxidation sites excluding steroid dienone is 1. The summed E-state index contributed by atoms with van der Waals surface area (Å²) in [6, 6.07) is 0. The summed E-state index contributed by atoms with van der Waals surface area (Å²) in [5, 5.41) is 0. The van der Waals surface area contributed by atoms with Crippen LogP contribution in [0.1, 0.15) is 25.6 Å².